The lowest BCUT2D eigenvalue weighted by atomic mass is 10.1. The molecule has 0 saturated carbocycles. The monoisotopic (exact) mass is 290 g/mol. The molecule has 0 aliphatic carbocycles. The van der Waals surface area contributed by atoms with E-state index in [0.29, 0.717) is 5.76 Å². The largest absolute Gasteiger partial charge is 0.478 e. The molecule has 1 aromatic heterocycles. The van der Waals surface area contributed by atoms with Crippen LogP contribution in [0, 0.1) is 17.0 Å². The Bertz CT molecular complexity index is 734. The molecule has 2 N–H and O–H groups in total. The van der Waals surface area contributed by atoms with Crippen LogP contribution in [0.25, 0.3) is 0 Å². The van der Waals surface area contributed by atoms with Gasteiger partial charge in [-0.2, -0.15) is 0 Å². The number of nitrogens with zero attached hydrogens (tertiary/aromatic N) is 1. The van der Waals surface area contributed by atoms with Crippen LogP contribution in [0.1, 0.15) is 26.5 Å². The molecule has 108 valence electrons. The Balaban J connectivity index is 2.33. The van der Waals surface area contributed by atoms with Gasteiger partial charge >= 0.3 is 5.97 Å². The van der Waals surface area contributed by atoms with Crippen molar-refractivity contribution in [3.05, 3.63) is 57.5 Å². The third-order valence-corrected chi connectivity index (χ3v) is 2.69. The van der Waals surface area contributed by atoms with Gasteiger partial charge in [0.25, 0.3) is 11.6 Å². The molecule has 2 aromatic rings. The highest BCUT2D eigenvalue weighted by Crippen LogP contribution is 2.23. The number of nitro benzene ring substituents is 1. The molecule has 0 aliphatic heterocycles. The number of carboxylic acid groups (broad SMARTS) is 1. The van der Waals surface area contributed by atoms with Crippen molar-refractivity contribution in [2.75, 3.05) is 5.32 Å². The van der Waals surface area contributed by atoms with Gasteiger partial charge in [0.05, 0.1) is 21.7 Å². The van der Waals surface area contributed by atoms with E-state index in [0.717, 1.165) is 12.1 Å². The highest BCUT2D eigenvalue weighted by Gasteiger charge is 2.18. The van der Waals surface area contributed by atoms with Crippen molar-refractivity contribution in [3.63, 3.8) is 0 Å². The highest BCUT2D eigenvalue weighted by atomic mass is 16.6. The maximum atomic E-state index is 11.9. The zero-order valence-electron chi connectivity index (χ0n) is 10.8. The number of hydrogen-bond donors (Lipinski definition) is 2. The van der Waals surface area contributed by atoms with Gasteiger partial charge in [-0.3, -0.25) is 14.9 Å². The summed E-state index contributed by atoms with van der Waals surface area (Å²) >= 11 is 0. The van der Waals surface area contributed by atoms with E-state index in [1.807, 2.05) is 0 Å². The summed E-state index contributed by atoms with van der Waals surface area (Å²) in [6, 6.07) is 4.66. The molecule has 1 amide bonds. The summed E-state index contributed by atoms with van der Waals surface area (Å²) in [6.45, 7) is 1.66. The molecule has 0 fully saturated rings. The van der Waals surface area contributed by atoms with Gasteiger partial charge in [0.2, 0.25) is 0 Å². The summed E-state index contributed by atoms with van der Waals surface area (Å²) in [7, 11) is 0. The van der Waals surface area contributed by atoms with E-state index in [4.69, 9.17) is 9.52 Å². The average molecular weight is 290 g/mol. The fraction of sp³-hybridized carbons (Fsp3) is 0.0769. The predicted octanol–water partition coefficient (Wildman–Crippen LogP) is 2.45. The van der Waals surface area contributed by atoms with Gasteiger partial charge in [-0.25, -0.2) is 4.79 Å². The van der Waals surface area contributed by atoms with E-state index in [-0.39, 0.29) is 22.5 Å². The van der Waals surface area contributed by atoms with Crippen molar-refractivity contribution in [1.82, 2.24) is 0 Å². The standard InChI is InChI=1S/C13H10N2O6/c1-7-4-8(6-21-7)12(16)14-11-3-2-9(15(19)20)5-10(11)13(17)18/h2-6H,1H3,(H,14,16)(H,17,18). The van der Waals surface area contributed by atoms with Crippen molar-refractivity contribution < 1.29 is 24.0 Å². The van der Waals surface area contributed by atoms with E-state index in [2.05, 4.69) is 5.32 Å². The van der Waals surface area contributed by atoms with Gasteiger partial charge in [0.1, 0.15) is 12.0 Å². The molecule has 0 bridgehead atoms. The predicted molar refractivity (Wildman–Crippen MR) is 71.5 cm³/mol. The minimum Gasteiger partial charge on any atom is -0.478 e. The van der Waals surface area contributed by atoms with Crippen molar-refractivity contribution >= 4 is 23.3 Å². The molecule has 8 nitrogen and oxygen atoms in total. The molecule has 1 aromatic carbocycles. The number of furan rings is 1. The molecule has 1 heterocycles. The Morgan fingerprint density at radius 2 is 2.05 bits per heavy atom. The SMILES string of the molecule is Cc1cc(C(=O)Nc2ccc([N+](=O)[O-])cc2C(=O)O)co1. The molecule has 2 rings (SSSR count). The number of benzene rings is 1. The minimum atomic E-state index is -1.38. The number of carbonyl (C=O) groups excluding carboxylic acids is 1. The first-order chi connectivity index (χ1) is 9.88. The smallest absolute Gasteiger partial charge is 0.338 e. The number of aromatic carboxylic acids is 1. The fourth-order valence-corrected chi connectivity index (χ4v) is 1.69. The molecular weight excluding hydrogens is 280 g/mol. The highest BCUT2D eigenvalue weighted by molar-refractivity contribution is 6.07. The summed E-state index contributed by atoms with van der Waals surface area (Å²) in [5.41, 5.74) is -0.540. The van der Waals surface area contributed by atoms with Crippen molar-refractivity contribution in [1.29, 1.82) is 0 Å². The van der Waals surface area contributed by atoms with Crippen LogP contribution in [0.5, 0.6) is 0 Å². The van der Waals surface area contributed by atoms with Crippen LogP contribution in [0.3, 0.4) is 0 Å². The maximum absolute atomic E-state index is 11.9. The second-order valence-corrected chi connectivity index (χ2v) is 4.19. The second-order valence-electron chi connectivity index (χ2n) is 4.19. The normalized spacial score (nSPS) is 10.1. The molecule has 0 saturated heterocycles. The molecule has 0 unspecified atom stereocenters. The number of hydrogen-bond acceptors (Lipinski definition) is 5. The number of aryl methyl sites for hydroxylation is 1. The quantitative estimate of drug-likeness (QED) is 0.658. The van der Waals surface area contributed by atoms with E-state index in [9.17, 15) is 19.7 Å². The lowest BCUT2D eigenvalue weighted by Crippen LogP contribution is -2.14. The first-order valence-corrected chi connectivity index (χ1v) is 5.76. The average Bonchev–Trinajstić information content (AvgIpc) is 2.85. The van der Waals surface area contributed by atoms with Crippen molar-refractivity contribution in [2.45, 2.75) is 6.92 Å². The third kappa shape index (κ3) is 3.06. The Morgan fingerprint density at radius 1 is 1.33 bits per heavy atom. The second kappa shape index (κ2) is 5.45. The van der Waals surface area contributed by atoms with Crippen molar-refractivity contribution in [2.24, 2.45) is 0 Å². The molecule has 0 radical (unpaired) electrons. The lowest BCUT2D eigenvalue weighted by molar-refractivity contribution is -0.384. The Labute approximate surface area is 118 Å². The number of non-ortho nitro benzene ring substituents is 1. The van der Waals surface area contributed by atoms with Crippen LogP contribution in [0.4, 0.5) is 11.4 Å². The Hall–Kier alpha value is -3.16. The first kappa shape index (κ1) is 14.3. The number of rotatable bonds is 4. The van der Waals surface area contributed by atoms with Crippen LogP contribution in [-0.4, -0.2) is 21.9 Å². The molecule has 8 heteroatoms. The number of nitrogens with one attached hydrogen (secondary N) is 1. The topological polar surface area (TPSA) is 123 Å². The van der Waals surface area contributed by atoms with Crippen LogP contribution < -0.4 is 5.32 Å². The summed E-state index contributed by atoms with van der Waals surface area (Å²) in [5, 5.41) is 22.1. The first-order valence-electron chi connectivity index (χ1n) is 5.76. The van der Waals surface area contributed by atoms with Crippen LogP contribution in [-0.2, 0) is 0 Å². The Kier molecular flexibility index (Phi) is 3.70. The van der Waals surface area contributed by atoms with Gasteiger partial charge in [-0.05, 0) is 19.1 Å². The number of anilines is 1. The fourth-order valence-electron chi connectivity index (χ4n) is 1.69. The van der Waals surface area contributed by atoms with Gasteiger partial charge in [-0.1, -0.05) is 0 Å². The number of amides is 1. The molecule has 0 atom stereocenters. The molecule has 0 aliphatic rings. The van der Waals surface area contributed by atoms with Gasteiger partial charge in [0.15, 0.2) is 0 Å². The summed E-state index contributed by atoms with van der Waals surface area (Å²) in [4.78, 5) is 33.0. The van der Waals surface area contributed by atoms with Gasteiger partial charge < -0.3 is 14.8 Å². The minimum absolute atomic E-state index is 0.0306. The summed E-state index contributed by atoms with van der Waals surface area (Å²) in [5.74, 6) is -1.41. The van der Waals surface area contributed by atoms with Crippen LogP contribution in [0.15, 0.2) is 34.9 Å². The zero-order valence-corrected chi connectivity index (χ0v) is 10.8. The van der Waals surface area contributed by atoms with Gasteiger partial charge in [0, 0.05) is 12.1 Å². The van der Waals surface area contributed by atoms with Crippen LogP contribution >= 0.6 is 0 Å². The van der Waals surface area contributed by atoms with E-state index in [1.165, 1.54) is 18.4 Å². The van der Waals surface area contributed by atoms with Crippen LogP contribution in [0.2, 0.25) is 0 Å². The lowest BCUT2D eigenvalue weighted by Gasteiger charge is -2.07. The molecular formula is C13H10N2O6. The summed E-state index contributed by atoms with van der Waals surface area (Å²) < 4.78 is 4.99. The van der Waals surface area contributed by atoms with Crippen molar-refractivity contribution in [3.8, 4) is 0 Å². The maximum Gasteiger partial charge on any atom is 0.338 e. The van der Waals surface area contributed by atoms with Gasteiger partial charge in [-0.15, -0.1) is 0 Å². The number of carbonyl (C=O) groups is 2. The summed E-state index contributed by atoms with van der Waals surface area (Å²) in [6.07, 6.45) is 1.23. The van der Waals surface area contributed by atoms with E-state index in [1.54, 1.807) is 6.92 Å². The molecule has 21 heavy (non-hydrogen) atoms. The third-order valence-electron chi connectivity index (χ3n) is 2.69. The zero-order chi connectivity index (χ0) is 15.6. The Morgan fingerprint density at radius 3 is 2.57 bits per heavy atom. The van der Waals surface area contributed by atoms with E-state index < -0.39 is 16.8 Å². The molecule has 0 spiro atoms. The van der Waals surface area contributed by atoms with E-state index >= 15 is 0 Å². The number of nitro groups is 1. The number of carboxylic acids is 1.